The molecule has 0 aromatic carbocycles. The van der Waals surface area contributed by atoms with Crippen LogP contribution in [0.1, 0.15) is 19.3 Å². The molecule has 0 unspecified atom stereocenters. The minimum absolute atomic E-state index is 0.554. The molecular formula is C7H10F6O2. The molecule has 0 saturated heterocycles. The highest BCUT2D eigenvalue weighted by Gasteiger charge is 2.40. The van der Waals surface area contributed by atoms with Crippen molar-refractivity contribution in [3.63, 3.8) is 0 Å². The Kier molecular flexibility index (Phi) is 4.85. The topological polar surface area (TPSA) is 40.5 Å². The van der Waals surface area contributed by atoms with Crippen molar-refractivity contribution in [2.75, 3.05) is 0 Å². The first-order chi connectivity index (χ1) is 6.55. The molecule has 0 fully saturated rings. The molecule has 0 radical (unpaired) electrons. The molecule has 0 aliphatic heterocycles. The van der Waals surface area contributed by atoms with Gasteiger partial charge in [-0.3, -0.25) is 0 Å². The van der Waals surface area contributed by atoms with Gasteiger partial charge in [-0.15, -0.1) is 0 Å². The highest BCUT2D eigenvalue weighted by molar-refractivity contribution is 4.69. The second kappa shape index (κ2) is 5.02. The summed E-state index contributed by atoms with van der Waals surface area (Å²) in [5, 5.41) is 16.8. The van der Waals surface area contributed by atoms with Crippen LogP contribution in [-0.4, -0.2) is 34.8 Å². The van der Waals surface area contributed by atoms with E-state index in [1.807, 2.05) is 0 Å². The van der Waals surface area contributed by atoms with Crippen LogP contribution in [0.5, 0.6) is 0 Å². The van der Waals surface area contributed by atoms with Gasteiger partial charge < -0.3 is 10.2 Å². The molecule has 0 aliphatic rings. The molecular weight excluding hydrogens is 230 g/mol. The molecule has 2 nitrogen and oxygen atoms in total. The van der Waals surface area contributed by atoms with Gasteiger partial charge in [0.15, 0.2) is 0 Å². The fourth-order valence-electron chi connectivity index (χ4n) is 0.832. The quantitative estimate of drug-likeness (QED) is 0.738. The lowest BCUT2D eigenvalue weighted by atomic mass is 10.1. The number of aliphatic hydroxyl groups excluding tert-OH is 2. The van der Waals surface area contributed by atoms with E-state index in [2.05, 4.69) is 0 Å². The van der Waals surface area contributed by atoms with Gasteiger partial charge in [-0.1, -0.05) is 0 Å². The second-order valence-electron chi connectivity index (χ2n) is 3.05. The third kappa shape index (κ3) is 5.83. The predicted octanol–water partition coefficient (Wildman–Crippen LogP) is 2.00. The van der Waals surface area contributed by atoms with Crippen LogP contribution in [-0.2, 0) is 0 Å². The summed E-state index contributed by atoms with van der Waals surface area (Å²) < 4.78 is 70.0. The number of halogens is 6. The molecule has 0 rings (SSSR count). The number of hydrogen-bond acceptors (Lipinski definition) is 2. The molecule has 15 heavy (non-hydrogen) atoms. The third-order valence-electron chi connectivity index (χ3n) is 1.71. The first-order valence-corrected chi connectivity index (χ1v) is 4.04. The summed E-state index contributed by atoms with van der Waals surface area (Å²) in [4.78, 5) is 0. The third-order valence-corrected chi connectivity index (χ3v) is 1.71. The molecule has 0 bridgehead atoms. The minimum Gasteiger partial charge on any atom is -0.384 e. The molecule has 0 amide bonds. The Hall–Kier alpha value is -0.500. The van der Waals surface area contributed by atoms with Gasteiger partial charge in [0, 0.05) is 0 Å². The van der Waals surface area contributed by atoms with Crippen LogP contribution in [0.3, 0.4) is 0 Å². The molecule has 0 aromatic heterocycles. The molecule has 0 aromatic rings. The van der Waals surface area contributed by atoms with Crippen molar-refractivity contribution < 1.29 is 36.6 Å². The first-order valence-electron chi connectivity index (χ1n) is 4.04. The van der Waals surface area contributed by atoms with Gasteiger partial charge in [-0.25, -0.2) is 0 Å². The maximum atomic E-state index is 11.7. The Morgan fingerprint density at radius 3 is 1.20 bits per heavy atom. The van der Waals surface area contributed by atoms with Gasteiger partial charge in [0.1, 0.15) is 12.2 Å². The van der Waals surface area contributed by atoms with Crippen molar-refractivity contribution in [3.05, 3.63) is 0 Å². The summed E-state index contributed by atoms with van der Waals surface area (Å²) in [6.07, 6.45) is -17.2. The Labute approximate surface area is 81.5 Å². The smallest absolute Gasteiger partial charge is 0.384 e. The Morgan fingerprint density at radius 2 is 1.00 bits per heavy atom. The average molecular weight is 240 g/mol. The van der Waals surface area contributed by atoms with Crippen molar-refractivity contribution in [2.45, 2.75) is 43.8 Å². The average Bonchev–Trinajstić information content (AvgIpc) is 2.00. The lowest BCUT2D eigenvalue weighted by molar-refractivity contribution is -0.213. The van der Waals surface area contributed by atoms with Crippen molar-refractivity contribution in [1.82, 2.24) is 0 Å². The molecule has 0 saturated carbocycles. The Balaban J connectivity index is 3.81. The first kappa shape index (κ1) is 14.5. The maximum absolute atomic E-state index is 11.7. The molecule has 0 spiro atoms. The molecule has 2 N–H and O–H groups in total. The van der Waals surface area contributed by atoms with Gasteiger partial charge >= 0.3 is 12.4 Å². The van der Waals surface area contributed by atoms with Crippen LogP contribution < -0.4 is 0 Å². The van der Waals surface area contributed by atoms with Crippen LogP contribution in [0.4, 0.5) is 26.3 Å². The van der Waals surface area contributed by atoms with Crippen molar-refractivity contribution in [1.29, 1.82) is 0 Å². The van der Waals surface area contributed by atoms with Crippen LogP contribution in [0.15, 0.2) is 0 Å². The van der Waals surface area contributed by atoms with E-state index in [1.54, 1.807) is 0 Å². The van der Waals surface area contributed by atoms with Crippen molar-refractivity contribution in [2.24, 2.45) is 0 Å². The minimum atomic E-state index is -4.83. The van der Waals surface area contributed by atoms with Crippen LogP contribution >= 0.6 is 0 Å². The predicted molar refractivity (Wildman–Crippen MR) is 38.0 cm³/mol. The number of aliphatic hydroxyl groups is 2. The second-order valence-corrected chi connectivity index (χ2v) is 3.05. The normalized spacial score (nSPS) is 17.6. The molecule has 2 atom stereocenters. The van der Waals surface area contributed by atoms with Crippen molar-refractivity contribution >= 4 is 0 Å². The van der Waals surface area contributed by atoms with Crippen LogP contribution in [0.25, 0.3) is 0 Å². The molecule has 0 heterocycles. The summed E-state index contributed by atoms with van der Waals surface area (Å²) in [6.45, 7) is 0. The van der Waals surface area contributed by atoms with Gasteiger partial charge in [-0.2, -0.15) is 26.3 Å². The fraction of sp³-hybridized carbons (Fsp3) is 1.00. The van der Waals surface area contributed by atoms with Gasteiger partial charge in [0.25, 0.3) is 0 Å². The van der Waals surface area contributed by atoms with Crippen molar-refractivity contribution in [3.8, 4) is 0 Å². The zero-order chi connectivity index (χ0) is 12.3. The van der Waals surface area contributed by atoms with E-state index in [1.165, 1.54) is 0 Å². The van der Waals surface area contributed by atoms with E-state index >= 15 is 0 Å². The number of alkyl halides is 6. The molecule has 0 aliphatic carbocycles. The highest BCUT2D eigenvalue weighted by atomic mass is 19.4. The number of rotatable bonds is 4. The Morgan fingerprint density at radius 1 is 0.733 bits per heavy atom. The summed E-state index contributed by atoms with van der Waals surface area (Å²) >= 11 is 0. The standard InChI is InChI=1S/C7H10F6O2/c8-6(9,10)4(14)2-1-3-5(15)7(11,12)13/h4-5,14-15H,1-3H2/t4-,5-/m1/s1. The zero-order valence-electron chi connectivity index (χ0n) is 7.44. The SMILES string of the molecule is O[C@H](CCC[C@@H](O)C(F)(F)F)C(F)(F)F. The summed E-state index contributed by atoms with van der Waals surface area (Å²) in [5.41, 5.74) is 0. The lowest BCUT2D eigenvalue weighted by Crippen LogP contribution is -2.31. The number of hydrogen-bond donors (Lipinski definition) is 2. The zero-order valence-corrected chi connectivity index (χ0v) is 7.44. The summed E-state index contributed by atoms with van der Waals surface area (Å²) in [5.74, 6) is 0. The van der Waals surface area contributed by atoms with E-state index in [0.717, 1.165) is 0 Å². The fourth-order valence-corrected chi connectivity index (χ4v) is 0.832. The molecule has 8 heteroatoms. The highest BCUT2D eigenvalue weighted by Crippen LogP contribution is 2.27. The Bertz CT molecular complexity index is 167. The molecule has 92 valence electrons. The lowest BCUT2D eigenvalue weighted by Gasteiger charge is -2.17. The van der Waals surface area contributed by atoms with E-state index in [-0.39, 0.29) is 0 Å². The maximum Gasteiger partial charge on any atom is 0.414 e. The van der Waals surface area contributed by atoms with Gasteiger partial charge in [-0.05, 0) is 19.3 Å². The van der Waals surface area contributed by atoms with Gasteiger partial charge in [0.2, 0.25) is 0 Å². The van der Waals surface area contributed by atoms with E-state index in [9.17, 15) is 26.3 Å². The van der Waals surface area contributed by atoms with Crippen LogP contribution in [0, 0.1) is 0 Å². The van der Waals surface area contributed by atoms with E-state index < -0.39 is 43.8 Å². The largest absolute Gasteiger partial charge is 0.414 e. The van der Waals surface area contributed by atoms with Gasteiger partial charge in [0.05, 0.1) is 0 Å². The monoisotopic (exact) mass is 240 g/mol. The summed E-state index contributed by atoms with van der Waals surface area (Å²) in [7, 11) is 0. The van der Waals surface area contributed by atoms with E-state index in [4.69, 9.17) is 10.2 Å². The summed E-state index contributed by atoms with van der Waals surface area (Å²) in [6, 6.07) is 0. The van der Waals surface area contributed by atoms with E-state index in [0.29, 0.717) is 0 Å². The van der Waals surface area contributed by atoms with Crippen LogP contribution in [0.2, 0.25) is 0 Å².